The normalized spacial score (nSPS) is 17.0. The van der Waals surface area contributed by atoms with Gasteiger partial charge in [0.15, 0.2) is 5.17 Å². The van der Waals surface area contributed by atoms with E-state index in [1.54, 1.807) is 13.2 Å². The van der Waals surface area contributed by atoms with Crippen LogP contribution in [0.5, 0.6) is 5.75 Å². The van der Waals surface area contributed by atoms with E-state index in [-0.39, 0.29) is 35.6 Å². The van der Waals surface area contributed by atoms with Crippen LogP contribution in [0.4, 0.5) is 24.5 Å². The highest BCUT2D eigenvalue weighted by molar-refractivity contribution is 8.15. The molecule has 2 amide bonds. The molecule has 1 unspecified atom stereocenters. The van der Waals surface area contributed by atoms with Gasteiger partial charge >= 0.3 is 6.18 Å². The highest BCUT2D eigenvalue weighted by Crippen LogP contribution is 2.34. The zero-order valence-corrected chi connectivity index (χ0v) is 21.6. The molecule has 10 heteroatoms. The number of hydrogen-bond donors (Lipinski definition) is 1. The number of nitrogens with one attached hydrogen (secondary N) is 1. The standard InChI is InChI=1S/C28H26F3N3O3S/c1-18-5-3-7-21(15-18)32-26(36)24-17-25(35)34(14-13-19-9-11-23(37-2)12-10-19)27(38-24)33-22-8-4-6-20(16-22)28(29,30)31/h3-12,15-16,24H,13-14,17H2,1-2H3,(H,32,36). The summed E-state index contributed by atoms with van der Waals surface area (Å²) in [5, 5.41) is 2.22. The summed E-state index contributed by atoms with van der Waals surface area (Å²) in [4.78, 5) is 32.1. The molecule has 1 saturated heterocycles. The molecule has 38 heavy (non-hydrogen) atoms. The van der Waals surface area contributed by atoms with Gasteiger partial charge < -0.3 is 10.1 Å². The van der Waals surface area contributed by atoms with Crippen LogP contribution in [0.1, 0.15) is 23.1 Å². The van der Waals surface area contributed by atoms with Crippen molar-refractivity contribution in [3.63, 3.8) is 0 Å². The number of anilines is 1. The smallest absolute Gasteiger partial charge is 0.416 e. The quantitative estimate of drug-likeness (QED) is 0.385. The predicted octanol–water partition coefficient (Wildman–Crippen LogP) is 6.23. The molecule has 0 aliphatic carbocycles. The SMILES string of the molecule is COc1ccc(CCN2C(=O)CC(C(=O)Nc3cccc(C)c3)SC2=Nc2cccc(C(F)(F)F)c2)cc1. The van der Waals surface area contributed by atoms with Gasteiger partial charge in [-0.1, -0.05) is 42.1 Å². The van der Waals surface area contributed by atoms with Crippen molar-refractivity contribution in [2.24, 2.45) is 4.99 Å². The van der Waals surface area contributed by atoms with Gasteiger partial charge in [-0.2, -0.15) is 13.2 Å². The summed E-state index contributed by atoms with van der Waals surface area (Å²) in [6.07, 6.45) is -4.11. The predicted molar refractivity (Wildman–Crippen MR) is 143 cm³/mol. The van der Waals surface area contributed by atoms with Gasteiger partial charge in [0.05, 0.1) is 18.4 Å². The molecule has 1 heterocycles. The Morgan fingerprint density at radius 1 is 1.11 bits per heavy atom. The molecule has 4 rings (SSSR count). The van der Waals surface area contributed by atoms with E-state index in [0.29, 0.717) is 17.9 Å². The third-order valence-corrected chi connectivity index (χ3v) is 7.09. The topological polar surface area (TPSA) is 71.0 Å². The Bertz CT molecular complexity index is 1340. The van der Waals surface area contributed by atoms with Crippen LogP contribution in [-0.4, -0.2) is 40.8 Å². The van der Waals surface area contributed by atoms with E-state index in [9.17, 15) is 22.8 Å². The van der Waals surface area contributed by atoms with Crippen LogP contribution < -0.4 is 10.1 Å². The van der Waals surface area contributed by atoms with Gasteiger partial charge in [-0.25, -0.2) is 4.99 Å². The summed E-state index contributed by atoms with van der Waals surface area (Å²) >= 11 is 1.07. The number of rotatable bonds is 7. The van der Waals surface area contributed by atoms with Gasteiger partial charge in [-0.05, 0) is 66.9 Å². The number of carbonyl (C=O) groups excluding carboxylic acids is 2. The number of amides is 2. The summed E-state index contributed by atoms with van der Waals surface area (Å²) < 4.78 is 45.0. The van der Waals surface area contributed by atoms with Crippen LogP contribution in [0.3, 0.4) is 0 Å². The van der Waals surface area contributed by atoms with Crippen molar-refractivity contribution in [1.29, 1.82) is 0 Å². The number of halogens is 3. The molecule has 0 radical (unpaired) electrons. The highest BCUT2D eigenvalue weighted by Gasteiger charge is 2.36. The van der Waals surface area contributed by atoms with Gasteiger partial charge in [0.1, 0.15) is 11.0 Å². The average Bonchev–Trinajstić information content (AvgIpc) is 2.88. The molecule has 0 spiro atoms. The lowest BCUT2D eigenvalue weighted by atomic mass is 10.1. The zero-order valence-electron chi connectivity index (χ0n) is 20.8. The van der Waals surface area contributed by atoms with E-state index in [1.807, 2.05) is 49.4 Å². The minimum atomic E-state index is -4.53. The number of amidine groups is 1. The number of aliphatic imine (C=N–C) groups is 1. The van der Waals surface area contributed by atoms with Crippen LogP contribution >= 0.6 is 11.8 Å². The molecular formula is C28H26F3N3O3S. The molecule has 1 aliphatic rings. The van der Waals surface area contributed by atoms with Crippen molar-refractivity contribution in [3.05, 3.63) is 89.5 Å². The first-order valence-electron chi connectivity index (χ1n) is 11.9. The van der Waals surface area contributed by atoms with Crippen LogP contribution in [0, 0.1) is 6.92 Å². The molecule has 1 aliphatic heterocycles. The van der Waals surface area contributed by atoms with E-state index in [2.05, 4.69) is 10.3 Å². The lowest BCUT2D eigenvalue weighted by Gasteiger charge is -2.32. The maximum Gasteiger partial charge on any atom is 0.416 e. The van der Waals surface area contributed by atoms with Gasteiger partial charge in [0.25, 0.3) is 0 Å². The third kappa shape index (κ3) is 6.95. The van der Waals surface area contributed by atoms with Gasteiger partial charge in [0.2, 0.25) is 11.8 Å². The van der Waals surface area contributed by atoms with Gasteiger partial charge in [-0.15, -0.1) is 0 Å². The maximum absolute atomic E-state index is 13.3. The monoisotopic (exact) mass is 541 g/mol. The van der Waals surface area contributed by atoms with E-state index >= 15 is 0 Å². The molecule has 0 aromatic heterocycles. The number of benzene rings is 3. The Morgan fingerprint density at radius 2 is 1.84 bits per heavy atom. The molecule has 1 atom stereocenters. The van der Waals surface area contributed by atoms with Crippen LogP contribution in [-0.2, 0) is 22.2 Å². The van der Waals surface area contributed by atoms with Crippen LogP contribution in [0.2, 0.25) is 0 Å². The second-order valence-electron chi connectivity index (χ2n) is 8.76. The van der Waals surface area contributed by atoms with Crippen LogP contribution in [0.15, 0.2) is 77.8 Å². The molecule has 0 bridgehead atoms. The second-order valence-corrected chi connectivity index (χ2v) is 9.93. The Kier molecular flexibility index (Phi) is 8.41. The van der Waals surface area contributed by atoms with E-state index in [4.69, 9.17) is 4.74 Å². The van der Waals surface area contributed by atoms with Gasteiger partial charge in [0, 0.05) is 18.7 Å². The second kappa shape index (κ2) is 11.7. The first-order chi connectivity index (χ1) is 18.1. The van der Waals surface area contributed by atoms with Gasteiger partial charge in [-0.3, -0.25) is 14.5 Å². The number of methoxy groups -OCH3 is 1. The van der Waals surface area contributed by atoms with Crippen molar-refractivity contribution in [2.75, 3.05) is 19.0 Å². The lowest BCUT2D eigenvalue weighted by Crippen LogP contribution is -2.46. The molecule has 1 N–H and O–H groups in total. The molecule has 6 nitrogen and oxygen atoms in total. The summed E-state index contributed by atoms with van der Waals surface area (Å²) in [5.74, 6) is 0.000456. The first-order valence-corrected chi connectivity index (χ1v) is 12.7. The minimum Gasteiger partial charge on any atom is -0.497 e. The van der Waals surface area contributed by atoms with Crippen molar-refractivity contribution in [3.8, 4) is 5.75 Å². The molecule has 3 aromatic rings. The largest absolute Gasteiger partial charge is 0.497 e. The highest BCUT2D eigenvalue weighted by atomic mass is 32.2. The third-order valence-electron chi connectivity index (χ3n) is 5.90. The summed E-state index contributed by atoms with van der Waals surface area (Å²) in [5.41, 5.74) is 1.71. The van der Waals surface area contributed by atoms with E-state index < -0.39 is 17.0 Å². The lowest BCUT2D eigenvalue weighted by molar-refractivity contribution is -0.137. The Hall–Kier alpha value is -3.79. The number of hydrogen-bond acceptors (Lipinski definition) is 5. The molecule has 1 fully saturated rings. The fourth-order valence-corrected chi connectivity index (χ4v) is 5.03. The zero-order chi connectivity index (χ0) is 27.3. The summed E-state index contributed by atoms with van der Waals surface area (Å²) in [7, 11) is 1.57. The molecular weight excluding hydrogens is 515 g/mol. The number of nitrogens with zero attached hydrogens (tertiary/aromatic N) is 2. The van der Waals surface area contributed by atoms with Crippen molar-refractivity contribution in [2.45, 2.75) is 31.2 Å². The fraction of sp³-hybridized carbons (Fsp3) is 0.250. The summed E-state index contributed by atoms with van der Waals surface area (Å²) in [6, 6.07) is 19.2. The Balaban J connectivity index is 1.59. The van der Waals surface area contributed by atoms with E-state index in [0.717, 1.165) is 35.0 Å². The number of alkyl halides is 3. The minimum absolute atomic E-state index is 0.0457. The van der Waals surface area contributed by atoms with Crippen LogP contribution in [0.25, 0.3) is 0 Å². The van der Waals surface area contributed by atoms with E-state index in [1.165, 1.54) is 17.0 Å². The fourth-order valence-electron chi connectivity index (χ4n) is 3.90. The number of aryl methyl sites for hydroxylation is 1. The molecule has 0 saturated carbocycles. The molecule has 198 valence electrons. The number of thioether (sulfide) groups is 1. The first kappa shape index (κ1) is 27.3. The summed E-state index contributed by atoms with van der Waals surface area (Å²) in [6.45, 7) is 2.15. The Morgan fingerprint density at radius 3 is 2.53 bits per heavy atom. The van der Waals surface area contributed by atoms with Crippen molar-refractivity contribution in [1.82, 2.24) is 4.90 Å². The number of carbonyl (C=O) groups is 2. The maximum atomic E-state index is 13.3. The molecule has 3 aromatic carbocycles. The van der Waals surface area contributed by atoms with Crippen molar-refractivity contribution < 1.29 is 27.5 Å². The average molecular weight is 542 g/mol. The number of ether oxygens (including phenoxy) is 1. The van der Waals surface area contributed by atoms with Crippen molar-refractivity contribution >= 4 is 40.1 Å². The Labute approximate surface area is 222 Å².